The van der Waals surface area contributed by atoms with Gasteiger partial charge in [-0.3, -0.25) is 4.79 Å². The Hall–Kier alpha value is -0.660. The van der Waals surface area contributed by atoms with E-state index in [0.29, 0.717) is 25.6 Å². The molecule has 1 aliphatic heterocycles. The third kappa shape index (κ3) is 7.21. The van der Waals surface area contributed by atoms with Crippen molar-refractivity contribution in [2.45, 2.75) is 51.5 Å². The first kappa shape index (κ1) is 17.4. The molecular weight excluding hydrogens is 282 g/mol. The fourth-order valence-corrected chi connectivity index (χ4v) is 3.99. The van der Waals surface area contributed by atoms with Crippen molar-refractivity contribution >= 4 is 16.0 Å². The van der Waals surface area contributed by atoms with Gasteiger partial charge in [-0.25, -0.2) is 13.1 Å². The summed E-state index contributed by atoms with van der Waals surface area (Å²) in [6.07, 6.45) is 2.69. The zero-order valence-corrected chi connectivity index (χ0v) is 13.0. The van der Waals surface area contributed by atoms with Gasteiger partial charge in [-0.1, -0.05) is 0 Å². The third-order valence-electron chi connectivity index (χ3n) is 3.53. The van der Waals surface area contributed by atoms with Crippen molar-refractivity contribution in [2.75, 3.05) is 19.0 Å². The number of ether oxygens (including phenoxy) is 1. The van der Waals surface area contributed by atoms with Gasteiger partial charge in [0.25, 0.3) is 0 Å². The zero-order valence-electron chi connectivity index (χ0n) is 12.2. The van der Waals surface area contributed by atoms with Crippen LogP contribution in [0.3, 0.4) is 0 Å². The Kier molecular flexibility index (Phi) is 6.42. The number of aliphatic carboxylic acids is 1. The molecule has 1 aliphatic rings. The van der Waals surface area contributed by atoms with Crippen LogP contribution >= 0.6 is 0 Å². The van der Waals surface area contributed by atoms with Crippen molar-refractivity contribution in [3.05, 3.63) is 0 Å². The number of sulfonamides is 1. The van der Waals surface area contributed by atoms with Crippen LogP contribution in [0, 0.1) is 5.92 Å². The summed E-state index contributed by atoms with van der Waals surface area (Å²) < 4.78 is 31.9. The van der Waals surface area contributed by atoms with Crippen LogP contribution in [0.25, 0.3) is 0 Å². The first-order chi connectivity index (χ1) is 9.20. The predicted octanol–water partition coefficient (Wildman–Crippen LogP) is 1.37. The van der Waals surface area contributed by atoms with Gasteiger partial charge in [-0.2, -0.15) is 0 Å². The average Bonchev–Trinajstić information content (AvgIpc) is 2.34. The molecule has 0 radical (unpaired) electrons. The van der Waals surface area contributed by atoms with E-state index in [1.54, 1.807) is 13.8 Å². The van der Waals surface area contributed by atoms with Crippen LogP contribution in [0.2, 0.25) is 0 Å². The Morgan fingerprint density at radius 1 is 1.35 bits per heavy atom. The third-order valence-corrected chi connectivity index (χ3v) is 5.17. The minimum Gasteiger partial charge on any atom is -0.481 e. The number of rotatable bonds is 8. The van der Waals surface area contributed by atoms with Crippen LogP contribution in [0.5, 0.6) is 0 Å². The molecule has 0 aromatic heterocycles. The lowest BCUT2D eigenvalue weighted by atomic mass is 9.98. The molecule has 118 valence electrons. The van der Waals surface area contributed by atoms with E-state index in [2.05, 4.69) is 4.72 Å². The number of hydrogen-bond donors (Lipinski definition) is 2. The maximum Gasteiger partial charge on any atom is 0.303 e. The summed E-state index contributed by atoms with van der Waals surface area (Å²) in [5.74, 6) is -0.421. The van der Waals surface area contributed by atoms with E-state index < -0.39 is 21.5 Å². The van der Waals surface area contributed by atoms with Gasteiger partial charge in [0.2, 0.25) is 10.0 Å². The van der Waals surface area contributed by atoms with E-state index in [-0.39, 0.29) is 18.6 Å². The molecule has 0 aliphatic carbocycles. The molecule has 0 bridgehead atoms. The van der Waals surface area contributed by atoms with Crippen LogP contribution in [-0.2, 0) is 19.6 Å². The van der Waals surface area contributed by atoms with Gasteiger partial charge < -0.3 is 9.84 Å². The van der Waals surface area contributed by atoms with Gasteiger partial charge in [-0.15, -0.1) is 0 Å². The SMILES string of the molecule is CC(C)(CCC(=O)O)NS(=O)(=O)CCC1CCOCC1. The van der Waals surface area contributed by atoms with Crippen LogP contribution < -0.4 is 4.72 Å². The Bertz CT molecular complexity index is 412. The lowest BCUT2D eigenvalue weighted by molar-refractivity contribution is -0.137. The summed E-state index contributed by atoms with van der Waals surface area (Å²) in [6.45, 7) is 4.84. The number of carboxylic acid groups (broad SMARTS) is 1. The topological polar surface area (TPSA) is 92.7 Å². The minimum atomic E-state index is -3.37. The lowest BCUT2D eigenvalue weighted by Crippen LogP contribution is -2.44. The number of carboxylic acids is 1. The van der Waals surface area contributed by atoms with Gasteiger partial charge in [-0.05, 0) is 45.4 Å². The molecule has 1 rings (SSSR count). The van der Waals surface area contributed by atoms with Crippen molar-refractivity contribution in [2.24, 2.45) is 5.92 Å². The Morgan fingerprint density at radius 2 is 1.95 bits per heavy atom. The van der Waals surface area contributed by atoms with E-state index >= 15 is 0 Å². The largest absolute Gasteiger partial charge is 0.481 e. The molecule has 2 N–H and O–H groups in total. The summed E-state index contributed by atoms with van der Waals surface area (Å²) in [4.78, 5) is 10.6. The molecule has 0 unspecified atom stereocenters. The number of nitrogens with one attached hydrogen (secondary N) is 1. The lowest BCUT2D eigenvalue weighted by Gasteiger charge is -2.26. The van der Waals surface area contributed by atoms with Crippen LogP contribution in [0.1, 0.15) is 46.0 Å². The predicted molar refractivity (Wildman–Crippen MR) is 76.0 cm³/mol. The van der Waals surface area contributed by atoms with Gasteiger partial charge in [0.05, 0.1) is 5.75 Å². The van der Waals surface area contributed by atoms with Gasteiger partial charge in [0.15, 0.2) is 0 Å². The molecule has 0 aromatic carbocycles. The highest BCUT2D eigenvalue weighted by molar-refractivity contribution is 7.89. The maximum atomic E-state index is 12.0. The first-order valence-electron chi connectivity index (χ1n) is 7.01. The summed E-state index contributed by atoms with van der Waals surface area (Å²) in [5, 5.41) is 8.66. The molecule has 1 saturated heterocycles. The molecule has 7 heteroatoms. The quantitative estimate of drug-likeness (QED) is 0.706. The molecule has 6 nitrogen and oxygen atoms in total. The van der Waals surface area contributed by atoms with Crippen molar-refractivity contribution in [1.82, 2.24) is 4.72 Å². The van der Waals surface area contributed by atoms with Crippen molar-refractivity contribution < 1.29 is 23.1 Å². The van der Waals surface area contributed by atoms with E-state index in [4.69, 9.17) is 9.84 Å². The molecule has 1 heterocycles. The number of carbonyl (C=O) groups is 1. The Morgan fingerprint density at radius 3 is 2.50 bits per heavy atom. The van der Waals surface area contributed by atoms with E-state index in [0.717, 1.165) is 12.8 Å². The van der Waals surface area contributed by atoms with Gasteiger partial charge in [0.1, 0.15) is 0 Å². The van der Waals surface area contributed by atoms with Crippen LogP contribution in [-0.4, -0.2) is 44.0 Å². The average molecular weight is 307 g/mol. The first-order valence-corrected chi connectivity index (χ1v) is 8.67. The normalized spacial score (nSPS) is 18.1. The smallest absolute Gasteiger partial charge is 0.303 e. The molecule has 0 saturated carbocycles. The highest BCUT2D eigenvalue weighted by Gasteiger charge is 2.26. The van der Waals surface area contributed by atoms with Crippen LogP contribution in [0.15, 0.2) is 0 Å². The second-order valence-electron chi connectivity index (χ2n) is 6.04. The maximum absolute atomic E-state index is 12.0. The number of hydrogen-bond acceptors (Lipinski definition) is 4. The summed E-state index contributed by atoms with van der Waals surface area (Å²) >= 11 is 0. The second kappa shape index (κ2) is 7.38. The van der Waals surface area contributed by atoms with Gasteiger partial charge >= 0.3 is 5.97 Å². The molecule has 0 aromatic rings. The fourth-order valence-electron chi connectivity index (χ4n) is 2.30. The summed E-state index contributed by atoms with van der Waals surface area (Å²) in [6, 6.07) is 0. The summed E-state index contributed by atoms with van der Waals surface area (Å²) in [5.41, 5.74) is -0.729. The van der Waals surface area contributed by atoms with Crippen molar-refractivity contribution in [3.63, 3.8) is 0 Å². The van der Waals surface area contributed by atoms with Crippen LogP contribution in [0.4, 0.5) is 0 Å². The molecular formula is C13H25NO5S. The molecule has 0 amide bonds. The summed E-state index contributed by atoms with van der Waals surface area (Å²) in [7, 11) is -3.37. The monoisotopic (exact) mass is 307 g/mol. The molecule has 20 heavy (non-hydrogen) atoms. The standard InChI is InChI=1S/C13H25NO5S/c1-13(2,7-3-12(15)16)14-20(17,18)10-6-11-4-8-19-9-5-11/h11,14H,3-10H2,1-2H3,(H,15,16). The molecule has 0 atom stereocenters. The van der Waals surface area contributed by atoms with Crippen molar-refractivity contribution in [3.8, 4) is 0 Å². The fraction of sp³-hybridized carbons (Fsp3) is 0.923. The molecule has 1 fully saturated rings. The van der Waals surface area contributed by atoms with Gasteiger partial charge in [0, 0.05) is 25.2 Å². The Labute approximate surface area is 120 Å². The minimum absolute atomic E-state index is 0.0461. The Balaban J connectivity index is 2.40. The zero-order chi connectivity index (χ0) is 15.2. The van der Waals surface area contributed by atoms with E-state index in [1.165, 1.54) is 0 Å². The van der Waals surface area contributed by atoms with E-state index in [1.807, 2.05) is 0 Å². The highest BCUT2D eigenvalue weighted by Crippen LogP contribution is 2.20. The highest BCUT2D eigenvalue weighted by atomic mass is 32.2. The second-order valence-corrected chi connectivity index (χ2v) is 7.88. The molecule has 0 spiro atoms. The van der Waals surface area contributed by atoms with Crippen molar-refractivity contribution in [1.29, 1.82) is 0 Å². The van der Waals surface area contributed by atoms with E-state index in [9.17, 15) is 13.2 Å².